The summed E-state index contributed by atoms with van der Waals surface area (Å²) in [5, 5.41) is 2.50. The van der Waals surface area contributed by atoms with E-state index in [9.17, 15) is 13.6 Å². The van der Waals surface area contributed by atoms with E-state index in [1.165, 1.54) is 6.20 Å². The minimum Gasteiger partial charge on any atom is -0.485 e. The molecule has 0 bridgehead atoms. The average molecular weight is 354 g/mol. The van der Waals surface area contributed by atoms with Crippen LogP contribution in [0.5, 0.6) is 5.75 Å². The summed E-state index contributed by atoms with van der Waals surface area (Å²) >= 11 is 0. The van der Waals surface area contributed by atoms with Crippen molar-refractivity contribution in [2.75, 3.05) is 5.32 Å². The van der Waals surface area contributed by atoms with Crippen LogP contribution >= 0.6 is 0 Å². The lowest BCUT2D eigenvalue weighted by Gasteiger charge is -2.13. The molecule has 1 N–H and O–H groups in total. The van der Waals surface area contributed by atoms with Crippen LogP contribution in [0.3, 0.4) is 0 Å². The fourth-order valence-corrected chi connectivity index (χ4v) is 2.38. The zero-order chi connectivity index (χ0) is 18.5. The molecule has 3 rings (SSSR count). The van der Waals surface area contributed by atoms with Gasteiger partial charge in [-0.3, -0.25) is 4.79 Å². The van der Waals surface area contributed by atoms with E-state index in [1.54, 1.807) is 12.1 Å². The molecule has 2 aromatic carbocycles. The van der Waals surface area contributed by atoms with Gasteiger partial charge < -0.3 is 10.1 Å². The van der Waals surface area contributed by atoms with E-state index >= 15 is 0 Å². The monoisotopic (exact) mass is 354 g/mol. The van der Waals surface area contributed by atoms with Crippen molar-refractivity contribution < 1.29 is 18.3 Å². The molecule has 6 heteroatoms. The number of ether oxygens (including phenoxy) is 1. The fourth-order valence-electron chi connectivity index (χ4n) is 2.38. The summed E-state index contributed by atoms with van der Waals surface area (Å²) in [5.74, 6) is -1.91. The van der Waals surface area contributed by atoms with E-state index in [2.05, 4.69) is 10.3 Å². The van der Waals surface area contributed by atoms with E-state index in [1.807, 2.05) is 31.2 Å². The van der Waals surface area contributed by atoms with Gasteiger partial charge in [0.05, 0.1) is 5.56 Å². The normalized spacial score (nSPS) is 10.4. The Balaban J connectivity index is 1.76. The fraction of sp³-hybridized carbons (Fsp3) is 0.100. The van der Waals surface area contributed by atoms with Crippen molar-refractivity contribution >= 4 is 11.7 Å². The van der Waals surface area contributed by atoms with Gasteiger partial charge in [-0.2, -0.15) is 0 Å². The molecule has 0 aliphatic rings. The number of benzene rings is 2. The Morgan fingerprint density at radius 1 is 1.12 bits per heavy atom. The minimum absolute atomic E-state index is 0.162. The number of aromatic nitrogens is 1. The van der Waals surface area contributed by atoms with Crippen molar-refractivity contribution in [2.45, 2.75) is 13.5 Å². The van der Waals surface area contributed by atoms with Crippen molar-refractivity contribution in [3.8, 4) is 5.75 Å². The van der Waals surface area contributed by atoms with E-state index in [0.29, 0.717) is 18.4 Å². The summed E-state index contributed by atoms with van der Waals surface area (Å²) < 4.78 is 32.5. The molecule has 0 unspecified atom stereocenters. The second-order valence-corrected chi connectivity index (χ2v) is 5.64. The van der Waals surface area contributed by atoms with Gasteiger partial charge in [0.25, 0.3) is 5.91 Å². The first kappa shape index (κ1) is 17.5. The molecule has 1 amide bonds. The third kappa shape index (κ3) is 4.03. The molecule has 3 aromatic rings. The van der Waals surface area contributed by atoms with E-state index in [4.69, 9.17) is 4.74 Å². The molecule has 0 aliphatic carbocycles. The predicted molar refractivity (Wildman–Crippen MR) is 94.1 cm³/mol. The molecule has 26 heavy (non-hydrogen) atoms. The molecule has 0 aliphatic heterocycles. The van der Waals surface area contributed by atoms with Crippen molar-refractivity contribution in [2.24, 2.45) is 0 Å². The van der Waals surface area contributed by atoms with Crippen LogP contribution in [-0.2, 0) is 6.61 Å². The van der Waals surface area contributed by atoms with Crippen LogP contribution in [0.1, 0.15) is 21.5 Å². The molecule has 4 nitrogen and oxygen atoms in total. The maximum atomic E-state index is 13.8. The van der Waals surface area contributed by atoms with Gasteiger partial charge in [0.1, 0.15) is 18.2 Å². The Kier molecular flexibility index (Phi) is 5.22. The first-order valence-corrected chi connectivity index (χ1v) is 7.93. The molecule has 132 valence electrons. The molecule has 0 spiro atoms. The summed E-state index contributed by atoms with van der Waals surface area (Å²) in [6.07, 6.45) is 1.48. The number of carbonyl (C=O) groups is 1. The molecular formula is C20H16F2N2O2. The number of carbonyl (C=O) groups excluding carboxylic acids is 1. The summed E-state index contributed by atoms with van der Waals surface area (Å²) in [6, 6.07) is 13.8. The number of halogens is 2. The number of anilines is 1. The van der Waals surface area contributed by atoms with Crippen molar-refractivity contribution in [1.29, 1.82) is 0 Å². The smallest absolute Gasteiger partial charge is 0.259 e. The summed E-state index contributed by atoms with van der Waals surface area (Å²) in [6.45, 7) is 2.27. The maximum Gasteiger partial charge on any atom is 0.259 e. The Morgan fingerprint density at radius 2 is 1.92 bits per heavy atom. The Morgan fingerprint density at radius 3 is 2.69 bits per heavy atom. The number of nitrogens with zero attached hydrogens (tertiary/aromatic N) is 1. The first-order valence-electron chi connectivity index (χ1n) is 7.93. The van der Waals surface area contributed by atoms with E-state index in [-0.39, 0.29) is 11.4 Å². The zero-order valence-corrected chi connectivity index (χ0v) is 14.0. The Labute approximate surface area is 149 Å². The molecule has 0 fully saturated rings. The number of nitrogens with one attached hydrogen (secondary N) is 1. The quantitative estimate of drug-likeness (QED) is 0.734. The van der Waals surface area contributed by atoms with Gasteiger partial charge in [0.2, 0.25) is 0 Å². The summed E-state index contributed by atoms with van der Waals surface area (Å²) in [4.78, 5) is 16.3. The molecule has 0 atom stereocenters. The maximum absolute atomic E-state index is 13.8. The predicted octanol–water partition coefficient (Wildman–Crippen LogP) is 4.50. The number of pyridine rings is 1. The van der Waals surface area contributed by atoms with Crippen molar-refractivity contribution in [1.82, 2.24) is 4.98 Å². The zero-order valence-electron chi connectivity index (χ0n) is 14.0. The number of rotatable bonds is 5. The van der Waals surface area contributed by atoms with Gasteiger partial charge in [0.15, 0.2) is 11.6 Å². The lowest BCUT2D eigenvalue weighted by atomic mass is 10.1. The minimum atomic E-state index is -0.944. The first-order chi connectivity index (χ1) is 12.5. The van der Waals surface area contributed by atoms with Gasteiger partial charge in [-0.25, -0.2) is 13.8 Å². The van der Waals surface area contributed by atoms with Crippen LogP contribution in [0.2, 0.25) is 0 Å². The van der Waals surface area contributed by atoms with Crippen molar-refractivity contribution in [3.05, 3.63) is 89.1 Å². The second kappa shape index (κ2) is 7.74. The van der Waals surface area contributed by atoms with E-state index < -0.39 is 17.5 Å². The largest absolute Gasteiger partial charge is 0.485 e. The number of aryl methyl sites for hydroxylation is 1. The molecule has 0 saturated carbocycles. The summed E-state index contributed by atoms with van der Waals surface area (Å²) in [5.41, 5.74) is 1.80. The Hall–Kier alpha value is -3.28. The Bertz CT molecular complexity index is 945. The topological polar surface area (TPSA) is 51.2 Å². The van der Waals surface area contributed by atoms with Gasteiger partial charge in [0, 0.05) is 12.3 Å². The van der Waals surface area contributed by atoms with Crippen molar-refractivity contribution in [3.63, 3.8) is 0 Å². The highest BCUT2D eigenvalue weighted by Gasteiger charge is 2.15. The summed E-state index contributed by atoms with van der Waals surface area (Å²) in [7, 11) is 0. The number of hydrogen-bond acceptors (Lipinski definition) is 3. The van der Waals surface area contributed by atoms with Gasteiger partial charge in [-0.05, 0) is 42.3 Å². The highest BCUT2D eigenvalue weighted by Crippen LogP contribution is 2.24. The molecular weight excluding hydrogens is 338 g/mol. The highest BCUT2D eigenvalue weighted by atomic mass is 19.1. The molecule has 0 saturated heterocycles. The SMILES string of the molecule is Cc1ccccc1COc1cccnc1NC(=O)c1ccc(F)cc1F. The third-order valence-corrected chi connectivity index (χ3v) is 3.82. The van der Waals surface area contributed by atoms with Crippen LogP contribution in [-0.4, -0.2) is 10.9 Å². The molecule has 1 aromatic heterocycles. The highest BCUT2D eigenvalue weighted by molar-refractivity contribution is 6.04. The van der Waals surface area contributed by atoms with Gasteiger partial charge in [-0.1, -0.05) is 24.3 Å². The number of hydrogen-bond donors (Lipinski definition) is 1. The van der Waals surface area contributed by atoms with Crippen LogP contribution < -0.4 is 10.1 Å². The van der Waals surface area contributed by atoms with Crippen LogP contribution in [0.15, 0.2) is 60.8 Å². The lowest BCUT2D eigenvalue weighted by Crippen LogP contribution is -2.15. The average Bonchev–Trinajstić information content (AvgIpc) is 2.62. The van der Waals surface area contributed by atoms with Crippen LogP contribution in [0.4, 0.5) is 14.6 Å². The molecule has 0 radical (unpaired) electrons. The van der Waals surface area contributed by atoms with Crippen LogP contribution in [0.25, 0.3) is 0 Å². The van der Waals surface area contributed by atoms with Crippen LogP contribution in [0, 0.1) is 18.6 Å². The van der Waals surface area contributed by atoms with Gasteiger partial charge >= 0.3 is 0 Å². The number of amides is 1. The standard InChI is InChI=1S/C20H16F2N2O2/c1-13-5-2-3-6-14(13)12-26-18-7-4-10-23-19(18)24-20(25)16-9-8-15(21)11-17(16)22/h2-11H,12H2,1H3,(H,23,24,25). The third-order valence-electron chi connectivity index (χ3n) is 3.82. The molecule has 1 heterocycles. The van der Waals surface area contributed by atoms with E-state index in [0.717, 1.165) is 23.3 Å². The second-order valence-electron chi connectivity index (χ2n) is 5.64. The lowest BCUT2D eigenvalue weighted by molar-refractivity contribution is 0.102. The van der Waals surface area contributed by atoms with Gasteiger partial charge in [-0.15, -0.1) is 0 Å².